The molecule has 0 spiro atoms. The second kappa shape index (κ2) is 6.53. The van der Waals surface area contributed by atoms with E-state index in [1.54, 1.807) is 0 Å². The Morgan fingerprint density at radius 1 is 1.32 bits per heavy atom. The molecule has 102 valence electrons. The molecule has 0 amide bonds. The summed E-state index contributed by atoms with van der Waals surface area (Å²) >= 11 is 0. The fraction of sp³-hybridized carbons (Fsp3) is 0.438. The van der Waals surface area contributed by atoms with E-state index in [1.165, 1.54) is 16.7 Å². The van der Waals surface area contributed by atoms with Crippen molar-refractivity contribution in [2.45, 2.75) is 39.8 Å². The van der Waals surface area contributed by atoms with Gasteiger partial charge in [0.1, 0.15) is 0 Å². The predicted octanol–water partition coefficient (Wildman–Crippen LogP) is 3.24. The Labute approximate surface area is 115 Å². The molecular formula is C16H23N3. The smallest absolute Gasteiger partial charge is 0.0489 e. The largest absolute Gasteiger partial charge is 0.310 e. The van der Waals surface area contributed by atoms with Gasteiger partial charge in [0.25, 0.3) is 0 Å². The van der Waals surface area contributed by atoms with Crippen LogP contribution in [0.2, 0.25) is 0 Å². The Balaban J connectivity index is 1.80. The van der Waals surface area contributed by atoms with Crippen LogP contribution in [-0.4, -0.2) is 16.3 Å². The molecule has 0 saturated carbocycles. The third-order valence-electron chi connectivity index (χ3n) is 3.47. The molecule has 0 saturated heterocycles. The minimum atomic E-state index is 0.400. The van der Waals surface area contributed by atoms with Crippen LogP contribution in [0.4, 0.5) is 0 Å². The van der Waals surface area contributed by atoms with Crippen LogP contribution < -0.4 is 5.32 Å². The van der Waals surface area contributed by atoms with Crippen LogP contribution in [0.15, 0.2) is 36.7 Å². The van der Waals surface area contributed by atoms with Gasteiger partial charge in [0, 0.05) is 25.0 Å². The quantitative estimate of drug-likeness (QED) is 0.805. The highest BCUT2D eigenvalue weighted by atomic mass is 15.3. The first-order chi connectivity index (χ1) is 9.16. The Hall–Kier alpha value is -1.61. The zero-order valence-electron chi connectivity index (χ0n) is 12.1. The van der Waals surface area contributed by atoms with Crippen molar-refractivity contribution >= 4 is 0 Å². The van der Waals surface area contributed by atoms with Gasteiger partial charge in [-0.25, -0.2) is 0 Å². The van der Waals surface area contributed by atoms with Gasteiger partial charge in [-0.15, -0.1) is 0 Å². The average molecular weight is 257 g/mol. The van der Waals surface area contributed by atoms with Gasteiger partial charge in [-0.1, -0.05) is 23.8 Å². The Bertz CT molecular complexity index is 503. The van der Waals surface area contributed by atoms with Crippen LogP contribution in [-0.2, 0) is 6.54 Å². The number of hydrogen-bond acceptors (Lipinski definition) is 2. The van der Waals surface area contributed by atoms with E-state index in [0.717, 1.165) is 19.5 Å². The maximum atomic E-state index is 4.21. The standard InChI is InChI=1S/C16H23N3/c1-13-6-7-14(2)16(12-13)15(3)17-8-4-10-19-11-5-9-18-19/h5-7,9,11-12,15,17H,4,8,10H2,1-3H3. The summed E-state index contributed by atoms with van der Waals surface area (Å²) in [6.07, 6.45) is 4.93. The summed E-state index contributed by atoms with van der Waals surface area (Å²) in [6.45, 7) is 8.54. The number of aryl methyl sites for hydroxylation is 3. The van der Waals surface area contributed by atoms with E-state index in [9.17, 15) is 0 Å². The summed E-state index contributed by atoms with van der Waals surface area (Å²) < 4.78 is 1.98. The first kappa shape index (κ1) is 13.8. The maximum Gasteiger partial charge on any atom is 0.0489 e. The number of nitrogens with zero attached hydrogens (tertiary/aromatic N) is 2. The van der Waals surface area contributed by atoms with Gasteiger partial charge in [-0.3, -0.25) is 4.68 Å². The van der Waals surface area contributed by atoms with Gasteiger partial charge in [0.2, 0.25) is 0 Å². The zero-order valence-corrected chi connectivity index (χ0v) is 12.1. The number of rotatable bonds is 6. The molecule has 0 aliphatic heterocycles. The highest BCUT2D eigenvalue weighted by Crippen LogP contribution is 2.18. The third-order valence-corrected chi connectivity index (χ3v) is 3.47. The van der Waals surface area contributed by atoms with Crippen LogP contribution >= 0.6 is 0 Å². The minimum absolute atomic E-state index is 0.400. The summed E-state index contributed by atoms with van der Waals surface area (Å²) in [5.74, 6) is 0. The number of benzene rings is 1. The summed E-state index contributed by atoms with van der Waals surface area (Å²) in [5.41, 5.74) is 4.09. The normalized spacial score (nSPS) is 12.6. The van der Waals surface area contributed by atoms with Crippen LogP contribution in [0.25, 0.3) is 0 Å². The molecule has 0 radical (unpaired) electrons. The van der Waals surface area contributed by atoms with Crippen molar-refractivity contribution in [3.05, 3.63) is 53.3 Å². The minimum Gasteiger partial charge on any atom is -0.310 e. The van der Waals surface area contributed by atoms with Crippen molar-refractivity contribution in [1.29, 1.82) is 0 Å². The topological polar surface area (TPSA) is 29.9 Å². The van der Waals surface area contributed by atoms with E-state index in [0.29, 0.717) is 6.04 Å². The molecular weight excluding hydrogens is 234 g/mol. The van der Waals surface area contributed by atoms with Gasteiger partial charge in [0.05, 0.1) is 0 Å². The maximum absolute atomic E-state index is 4.21. The average Bonchev–Trinajstić information content (AvgIpc) is 2.90. The Kier molecular flexibility index (Phi) is 4.74. The van der Waals surface area contributed by atoms with Crippen LogP contribution in [0.3, 0.4) is 0 Å². The van der Waals surface area contributed by atoms with Crippen LogP contribution in [0.1, 0.15) is 36.1 Å². The van der Waals surface area contributed by atoms with E-state index in [2.05, 4.69) is 49.4 Å². The fourth-order valence-corrected chi connectivity index (χ4v) is 2.33. The van der Waals surface area contributed by atoms with E-state index in [4.69, 9.17) is 0 Å². The van der Waals surface area contributed by atoms with E-state index >= 15 is 0 Å². The van der Waals surface area contributed by atoms with Crippen LogP contribution in [0, 0.1) is 13.8 Å². The molecule has 0 aliphatic carbocycles. The molecule has 0 fully saturated rings. The van der Waals surface area contributed by atoms with Crippen molar-refractivity contribution in [3.63, 3.8) is 0 Å². The van der Waals surface area contributed by atoms with Gasteiger partial charge >= 0.3 is 0 Å². The van der Waals surface area contributed by atoms with Gasteiger partial charge in [0.15, 0.2) is 0 Å². The monoisotopic (exact) mass is 257 g/mol. The van der Waals surface area contributed by atoms with Crippen LogP contribution in [0.5, 0.6) is 0 Å². The van der Waals surface area contributed by atoms with Gasteiger partial charge < -0.3 is 5.32 Å². The third kappa shape index (κ3) is 3.93. The zero-order chi connectivity index (χ0) is 13.7. The van der Waals surface area contributed by atoms with E-state index in [1.807, 2.05) is 23.1 Å². The van der Waals surface area contributed by atoms with Gasteiger partial charge in [-0.05, 0) is 50.9 Å². The number of hydrogen-bond donors (Lipinski definition) is 1. The molecule has 1 atom stereocenters. The SMILES string of the molecule is Cc1ccc(C)c(C(C)NCCCn2cccn2)c1. The lowest BCUT2D eigenvalue weighted by Crippen LogP contribution is -2.21. The molecule has 3 nitrogen and oxygen atoms in total. The van der Waals surface area contributed by atoms with E-state index in [-0.39, 0.29) is 0 Å². The van der Waals surface area contributed by atoms with Crippen molar-refractivity contribution < 1.29 is 0 Å². The molecule has 1 heterocycles. The van der Waals surface area contributed by atoms with E-state index < -0.39 is 0 Å². The summed E-state index contributed by atoms with van der Waals surface area (Å²) in [5, 5.41) is 7.79. The lowest BCUT2D eigenvalue weighted by Gasteiger charge is -2.17. The molecule has 3 heteroatoms. The Morgan fingerprint density at radius 2 is 2.16 bits per heavy atom. The lowest BCUT2D eigenvalue weighted by molar-refractivity contribution is 0.506. The summed E-state index contributed by atoms with van der Waals surface area (Å²) in [4.78, 5) is 0. The summed E-state index contributed by atoms with van der Waals surface area (Å²) in [6, 6.07) is 9.01. The predicted molar refractivity (Wildman–Crippen MR) is 79.2 cm³/mol. The van der Waals surface area contributed by atoms with Gasteiger partial charge in [-0.2, -0.15) is 5.10 Å². The summed E-state index contributed by atoms with van der Waals surface area (Å²) in [7, 11) is 0. The molecule has 2 rings (SSSR count). The van der Waals surface area contributed by atoms with Crippen molar-refractivity contribution in [2.75, 3.05) is 6.54 Å². The molecule has 1 aromatic carbocycles. The second-order valence-corrected chi connectivity index (χ2v) is 5.16. The first-order valence-corrected chi connectivity index (χ1v) is 6.95. The number of aromatic nitrogens is 2. The lowest BCUT2D eigenvalue weighted by atomic mass is 10.00. The van der Waals surface area contributed by atoms with Crippen molar-refractivity contribution in [2.24, 2.45) is 0 Å². The number of nitrogens with one attached hydrogen (secondary N) is 1. The highest BCUT2D eigenvalue weighted by Gasteiger charge is 2.07. The van der Waals surface area contributed by atoms with Crippen molar-refractivity contribution in [1.82, 2.24) is 15.1 Å². The second-order valence-electron chi connectivity index (χ2n) is 5.16. The molecule has 2 aromatic rings. The molecule has 0 bridgehead atoms. The molecule has 1 aromatic heterocycles. The molecule has 1 unspecified atom stereocenters. The first-order valence-electron chi connectivity index (χ1n) is 6.95. The molecule has 0 aliphatic rings. The molecule has 19 heavy (non-hydrogen) atoms. The van der Waals surface area contributed by atoms with Crippen molar-refractivity contribution in [3.8, 4) is 0 Å². The molecule has 1 N–H and O–H groups in total. The highest BCUT2D eigenvalue weighted by molar-refractivity contribution is 5.32. The Morgan fingerprint density at radius 3 is 2.89 bits per heavy atom. The fourth-order valence-electron chi connectivity index (χ4n) is 2.33.